The highest BCUT2D eigenvalue weighted by atomic mass is 16.5. The van der Waals surface area contributed by atoms with Crippen LogP contribution in [0, 0.1) is 5.41 Å². The van der Waals surface area contributed by atoms with E-state index in [2.05, 4.69) is 19.1 Å². The second kappa shape index (κ2) is 4.49. The van der Waals surface area contributed by atoms with Crippen LogP contribution in [0.2, 0.25) is 0 Å². The lowest BCUT2D eigenvalue weighted by molar-refractivity contribution is -0.148. The molecular formula is C14H19NO2. The minimum atomic E-state index is -0.470. The zero-order chi connectivity index (χ0) is 12.5. The average Bonchev–Trinajstić information content (AvgIpc) is 3.18. The van der Waals surface area contributed by atoms with Crippen molar-refractivity contribution >= 4 is 5.97 Å². The maximum absolute atomic E-state index is 11.7. The van der Waals surface area contributed by atoms with Gasteiger partial charge in [-0.2, -0.15) is 0 Å². The summed E-state index contributed by atoms with van der Waals surface area (Å²) in [6, 6.07) is 7.94. The largest absolute Gasteiger partial charge is 0.469 e. The van der Waals surface area contributed by atoms with Gasteiger partial charge in [-0.15, -0.1) is 0 Å². The molecule has 0 saturated heterocycles. The van der Waals surface area contributed by atoms with Crippen molar-refractivity contribution in [3.63, 3.8) is 0 Å². The van der Waals surface area contributed by atoms with E-state index in [1.807, 2.05) is 12.1 Å². The van der Waals surface area contributed by atoms with Crippen molar-refractivity contribution in [1.82, 2.24) is 0 Å². The zero-order valence-corrected chi connectivity index (χ0v) is 10.4. The van der Waals surface area contributed by atoms with E-state index < -0.39 is 5.41 Å². The van der Waals surface area contributed by atoms with E-state index in [4.69, 9.17) is 10.5 Å². The number of carbonyl (C=O) groups excluding carboxylic acids is 1. The second-order valence-corrected chi connectivity index (χ2v) is 4.72. The smallest absolute Gasteiger partial charge is 0.313 e. The molecule has 1 unspecified atom stereocenters. The molecule has 1 aliphatic rings. The van der Waals surface area contributed by atoms with Crippen LogP contribution in [-0.4, -0.2) is 13.1 Å². The first-order valence-electron chi connectivity index (χ1n) is 6.07. The molecule has 0 spiro atoms. The molecule has 3 heteroatoms. The third-order valence-electron chi connectivity index (χ3n) is 3.72. The zero-order valence-electron chi connectivity index (χ0n) is 10.4. The molecule has 0 bridgehead atoms. The minimum Gasteiger partial charge on any atom is -0.469 e. The molecule has 0 heterocycles. The summed E-state index contributed by atoms with van der Waals surface area (Å²) < 4.78 is 4.85. The Morgan fingerprint density at radius 1 is 1.41 bits per heavy atom. The van der Waals surface area contributed by atoms with Crippen molar-refractivity contribution in [2.75, 3.05) is 7.11 Å². The fourth-order valence-electron chi connectivity index (χ4n) is 2.26. The minimum absolute atomic E-state index is 0.176. The van der Waals surface area contributed by atoms with Crippen molar-refractivity contribution in [1.29, 1.82) is 0 Å². The van der Waals surface area contributed by atoms with Gasteiger partial charge in [0.25, 0.3) is 0 Å². The monoisotopic (exact) mass is 233 g/mol. The summed E-state index contributed by atoms with van der Waals surface area (Å²) in [4.78, 5) is 11.7. The first-order valence-corrected chi connectivity index (χ1v) is 6.07. The van der Waals surface area contributed by atoms with Gasteiger partial charge < -0.3 is 10.5 Å². The quantitative estimate of drug-likeness (QED) is 0.811. The SMILES string of the molecule is CCc1ccc(C(N)C2(C(=O)OC)CC2)cc1. The molecule has 1 fully saturated rings. The number of aryl methyl sites for hydroxylation is 1. The highest BCUT2D eigenvalue weighted by Crippen LogP contribution is 2.54. The molecule has 92 valence electrons. The van der Waals surface area contributed by atoms with Crippen molar-refractivity contribution in [2.24, 2.45) is 11.1 Å². The number of nitrogens with two attached hydrogens (primary N) is 1. The molecule has 17 heavy (non-hydrogen) atoms. The lowest BCUT2D eigenvalue weighted by Gasteiger charge is -2.21. The Morgan fingerprint density at radius 3 is 2.41 bits per heavy atom. The summed E-state index contributed by atoms with van der Waals surface area (Å²) in [6.07, 6.45) is 2.67. The molecule has 2 N–H and O–H groups in total. The Hall–Kier alpha value is -1.35. The molecule has 0 amide bonds. The summed E-state index contributed by atoms with van der Waals surface area (Å²) in [6.45, 7) is 2.12. The van der Waals surface area contributed by atoms with Crippen molar-refractivity contribution in [2.45, 2.75) is 32.2 Å². The van der Waals surface area contributed by atoms with Gasteiger partial charge in [0.2, 0.25) is 0 Å². The molecule has 1 aromatic carbocycles. The Labute approximate surface area is 102 Å². The van der Waals surface area contributed by atoms with Crippen LogP contribution in [0.1, 0.15) is 36.9 Å². The van der Waals surface area contributed by atoms with Crippen LogP contribution in [0.4, 0.5) is 0 Å². The molecule has 3 nitrogen and oxygen atoms in total. The number of rotatable bonds is 4. The van der Waals surface area contributed by atoms with Crippen LogP contribution < -0.4 is 5.73 Å². The van der Waals surface area contributed by atoms with Crippen molar-refractivity contribution in [3.05, 3.63) is 35.4 Å². The number of methoxy groups -OCH3 is 1. The predicted octanol–water partition coefficient (Wildman–Crippen LogP) is 2.20. The van der Waals surface area contributed by atoms with Gasteiger partial charge in [0.1, 0.15) is 0 Å². The molecule has 0 aliphatic heterocycles. The summed E-state index contributed by atoms with van der Waals surface area (Å²) in [5.74, 6) is -0.176. The Bertz CT molecular complexity index is 407. The van der Waals surface area contributed by atoms with Crippen LogP contribution in [0.25, 0.3) is 0 Å². The third-order valence-corrected chi connectivity index (χ3v) is 3.72. The standard InChI is InChI=1S/C14H19NO2/c1-3-10-4-6-11(7-5-10)12(15)14(8-9-14)13(16)17-2/h4-7,12H,3,8-9,15H2,1-2H3. The number of esters is 1. The maximum atomic E-state index is 11.7. The lowest BCUT2D eigenvalue weighted by atomic mass is 9.90. The number of carbonyl (C=O) groups is 1. The molecule has 1 atom stereocenters. The van der Waals surface area contributed by atoms with Crippen molar-refractivity contribution < 1.29 is 9.53 Å². The second-order valence-electron chi connectivity index (χ2n) is 4.72. The van der Waals surface area contributed by atoms with Gasteiger partial charge in [-0.1, -0.05) is 31.2 Å². The van der Waals surface area contributed by atoms with E-state index in [9.17, 15) is 4.79 Å². The third kappa shape index (κ3) is 2.07. The number of benzene rings is 1. The molecule has 0 aromatic heterocycles. The normalized spacial score (nSPS) is 18.5. The van der Waals surface area contributed by atoms with Gasteiger partial charge in [-0.3, -0.25) is 4.79 Å². The molecule has 0 radical (unpaired) electrons. The topological polar surface area (TPSA) is 52.3 Å². The first kappa shape index (κ1) is 12.1. The van der Waals surface area contributed by atoms with Gasteiger partial charge in [0.05, 0.1) is 12.5 Å². The fourth-order valence-corrected chi connectivity index (χ4v) is 2.26. The number of hydrogen-bond donors (Lipinski definition) is 1. The van der Waals surface area contributed by atoms with E-state index in [1.54, 1.807) is 0 Å². The van der Waals surface area contributed by atoms with Gasteiger partial charge in [0.15, 0.2) is 0 Å². The van der Waals surface area contributed by atoms with Gasteiger partial charge in [-0.05, 0) is 30.4 Å². The molecule has 2 rings (SSSR count). The summed E-state index contributed by atoms with van der Waals surface area (Å²) in [5.41, 5.74) is 8.03. The van der Waals surface area contributed by atoms with Gasteiger partial charge in [0, 0.05) is 6.04 Å². The Balaban J connectivity index is 2.19. The van der Waals surface area contributed by atoms with E-state index in [1.165, 1.54) is 12.7 Å². The van der Waals surface area contributed by atoms with E-state index in [-0.39, 0.29) is 12.0 Å². The Morgan fingerprint density at radius 2 is 2.00 bits per heavy atom. The summed E-state index contributed by atoms with van der Waals surface area (Å²) in [5, 5.41) is 0. The molecule has 1 aliphatic carbocycles. The molecule has 1 aromatic rings. The van der Waals surface area contributed by atoms with Gasteiger partial charge in [-0.25, -0.2) is 0 Å². The summed E-state index contributed by atoms with van der Waals surface area (Å²) in [7, 11) is 1.43. The van der Waals surface area contributed by atoms with E-state index in [0.29, 0.717) is 0 Å². The number of ether oxygens (including phenoxy) is 1. The molecular weight excluding hydrogens is 214 g/mol. The van der Waals surface area contributed by atoms with Crippen LogP contribution >= 0.6 is 0 Å². The highest BCUT2D eigenvalue weighted by molar-refractivity contribution is 5.81. The van der Waals surface area contributed by atoms with Crippen LogP contribution in [0.5, 0.6) is 0 Å². The highest BCUT2D eigenvalue weighted by Gasteiger charge is 2.56. The lowest BCUT2D eigenvalue weighted by Crippen LogP contribution is -2.31. The van der Waals surface area contributed by atoms with Crippen molar-refractivity contribution in [3.8, 4) is 0 Å². The van der Waals surface area contributed by atoms with Gasteiger partial charge >= 0.3 is 5.97 Å². The maximum Gasteiger partial charge on any atom is 0.313 e. The van der Waals surface area contributed by atoms with Crippen LogP contribution in [0.3, 0.4) is 0 Å². The average molecular weight is 233 g/mol. The molecule has 1 saturated carbocycles. The Kier molecular flexibility index (Phi) is 3.20. The van der Waals surface area contributed by atoms with E-state index in [0.717, 1.165) is 24.8 Å². The number of hydrogen-bond acceptors (Lipinski definition) is 3. The van der Waals surface area contributed by atoms with E-state index >= 15 is 0 Å². The first-order chi connectivity index (χ1) is 8.14. The van der Waals surface area contributed by atoms with Crippen LogP contribution in [-0.2, 0) is 16.0 Å². The summed E-state index contributed by atoms with van der Waals surface area (Å²) >= 11 is 0. The fraction of sp³-hybridized carbons (Fsp3) is 0.500. The van der Waals surface area contributed by atoms with Crippen LogP contribution in [0.15, 0.2) is 24.3 Å². The predicted molar refractivity (Wildman–Crippen MR) is 66.4 cm³/mol.